The molecule has 3 N–H and O–H groups in total. The zero-order valence-corrected chi connectivity index (χ0v) is 19.7. The summed E-state index contributed by atoms with van der Waals surface area (Å²) in [6.45, 7) is 2.79. The number of hydrogen-bond donors (Lipinski definition) is 2. The summed E-state index contributed by atoms with van der Waals surface area (Å²) in [7, 11) is -3.81. The Bertz CT molecular complexity index is 1320. The number of benzene rings is 3. The number of nitrogens with one attached hydrogen (secondary N) is 1. The van der Waals surface area contributed by atoms with Gasteiger partial charge in [-0.05, 0) is 54.1 Å². The van der Waals surface area contributed by atoms with Crippen LogP contribution >= 0.6 is 0 Å². The second-order valence-corrected chi connectivity index (χ2v) is 9.57. The molecular weight excluding hydrogens is 466 g/mol. The van der Waals surface area contributed by atoms with Crippen molar-refractivity contribution in [1.82, 2.24) is 10.3 Å². The molecule has 0 aromatic heterocycles. The molecule has 1 saturated heterocycles. The van der Waals surface area contributed by atoms with Gasteiger partial charge in [-0.15, -0.1) is 0 Å². The molecule has 4 rings (SSSR count). The first-order valence-electron chi connectivity index (χ1n) is 11.0. The molecule has 1 heterocycles. The molecule has 35 heavy (non-hydrogen) atoms. The lowest BCUT2D eigenvalue weighted by Gasteiger charge is -2.36. The SMILES string of the molecule is NS(=O)(=O)c1ccc(C(=O)N/N=C/c2ccc(N3CCN(C(=O)c4ccccc4)CC3)cc2)cc1. The summed E-state index contributed by atoms with van der Waals surface area (Å²) in [5.41, 5.74) is 5.23. The Morgan fingerprint density at radius 1 is 0.829 bits per heavy atom. The first-order chi connectivity index (χ1) is 16.8. The van der Waals surface area contributed by atoms with Gasteiger partial charge in [0.2, 0.25) is 10.0 Å². The molecule has 0 aliphatic carbocycles. The van der Waals surface area contributed by atoms with Gasteiger partial charge in [0.1, 0.15) is 0 Å². The van der Waals surface area contributed by atoms with Crippen LogP contribution in [0, 0.1) is 0 Å². The second-order valence-electron chi connectivity index (χ2n) is 8.01. The highest BCUT2D eigenvalue weighted by Gasteiger charge is 2.22. The maximum atomic E-state index is 12.6. The third-order valence-electron chi connectivity index (χ3n) is 5.67. The molecule has 2 amide bonds. The van der Waals surface area contributed by atoms with Gasteiger partial charge in [0.05, 0.1) is 11.1 Å². The molecule has 0 bridgehead atoms. The topological polar surface area (TPSA) is 125 Å². The summed E-state index contributed by atoms with van der Waals surface area (Å²) in [5.74, 6) is -0.416. The molecule has 0 radical (unpaired) electrons. The number of nitrogens with zero attached hydrogens (tertiary/aromatic N) is 3. The summed E-state index contributed by atoms with van der Waals surface area (Å²) in [5, 5.41) is 9.02. The van der Waals surface area contributed by atoms with Gasteiger partial charge < -0.3 is 9.80 Å². The summed E-state index contributed by atoms with van der Waals surface area (Å²) < 4.78 is 22.6. The van der Waals surface area contributed by atoms with Crippen molar-refractivity contribution < 1.29 is 18.0 Å². The van der Waals surface area contributed by atoms with Gasteiger partial charge in [0.15, 0.2) is 0 Å². The van der Waals surface area contributed by atoms with Crippen molar-refractivity contribution in [2.75, 3.05) is 31.1 Å². The van der Waals surface area contributed by atoms with Gasteiger partial charge in [0.25, 0.3) is 11.8 Å². The Kier molecular flexibility index (Phi) is 7.23. The van der Waals surface area contributed by atoms with E-state index in [0.29, 0.717) is 18.7 Å². The van der Waals surface area contributed by atoms with E-state index in [2.05, 4.69) is 15.4 Å². The number of sulfonamides is 1. The number of carbonyl (C=O) groups excluding carboxylic acids is 2. The number of primary sulfonamides is 1. The zero-order chi connectivity index (χ0) is 24.8. The van der Waals surface area contributed by atoms with Crippen LogP contribution in [0.4, 0.5) is 5.69 Å². The van der Waals surface area contributed by atoms with Crippen molar-refractivity contribution in [3.63, 3.8) is 0 Å². The van der Waals surface area contributed by atoms with Crippen LogP contribution in [0.15, 0.2) is 88.9 Å². The standard InChI is InChI=1S/C25H25N5O4S/c26-35(33,34)23-12-8-20(9-13-23)24(31)28-27-18-19-6-10-22(11-7-19)29-14-16-30(17-15-29)25(32)21-4-2-1-3-5-21/h1-13,18H,14-17H2,(H,28,31)(H2,26,33,34)/b27-18+. The normalized spacial score (nSPS) is 14.2. The number of nitrogens with two attached hydrogens (primary N) is 1. The van der Waals surface area contributed by atoms with Crippen LogP contribution in [0.25, 0.3) is 0 Å². The van der Waals surface area contributed by atoms with Crippen molar-refractivity contribution in [1.29, 1.82) is 0 Å². The Morgan fingerprint density at radius 2 is 1.46 bits per heavy atom. The average Bonchev–Trinajstić information content (AvgIpc) is 2.89. The maximum absolute atomic E-state index is 12.6. The smallest absolute Gasteiger partial charge is 0.271 e. The third kappa shape index (κ3) is 6.11. The van der Waals surface area contributed by atoms with Gasteiger partial charge in [-0.2, -0.15) is 5.10 Å². The lowest BCUT2D eigenvalue weighted by molar-refractivity contribution is 0.0746. The van der Waals surface area contributed by atoms with Crippen LogP contribution < -0.4 is 15.5 Å². The van der Waals surface area contributed by atoms with E-state index in [9.17, 15) is 18.0 Å². The summed E-state index contributed by atoms with van der Waals surface area (Å²) in [4.78, 5) is 28.8. The highest BCUT2D eigenvalue weighted by Crippen LogP contribution is 2.18. The first kappa shape index (κ1) is 24.1. The van der Waals surface area contributed by atoms with E-state index in [4.69, 9.17) is 5.14 Å². The van der Waals surface area contributed by atoms with E-state index in [1.807, 2.05) is 59.5 Å². The van der Waals surface area contributed by atoms with E-state index in [1.165, 1.54) is 30.5 Å². The molecule has 180 valence electrons. The predicted molar refractivity (Wildman–Crippen MR) is 134 cm³/mol. The molecule has 9 nitrogen and oxygen atoms in total. The number of anilines is 1. The van der Waals surface area contributed by atoms with E-state index >= 15 is 0 Å². The Hall–Kier alpha value is -4.02. The van der Waals surface area contributed by atoms with Crippen molar-refractivity contribution >= 4 is 33.7 Å². The minimum absolute atomic E-state index is 0.0548. The van der Waals surface area contributed by atoms with E-state index < -0.39 is 15.9 Å². The van der Waals surface area contributed by atoms with Crippen molar-refractivity contribution in [2.24, 2.45) is 10.2 Å². The number of piperazine rings is 1. The minimum Gasteiger partial charge on any atom is -0.368 e. The zero-order valence-electron chi connectivity index (χ0n) is 18.9. The Labute approximate surface area is 203 Å². The van der Waals surface area contributed by atoms with Gasteiger partial charge in [-0.1, -0.05) is 30.3 Å². The fourth-order valence-electron chi connectivity index (χ4n) is 3.73. The summed E-state index contributed by atoms with van der Waals surface area (Å²) >= 11 is 0. The minimum atomic E-state index is -3.81. The third-order valence-corrected chi connectivity index (χ3v) is 6.60. The van der Waals surface area contributed by atoms with Crippen molar-refractivity contribution in [3.8, 4) is 0 Å². The molecule has 0 atom stereocenters. The molecule has 0 unspecified atom stereocenters. The first-order valence-corrected chi connectivity index (χ1v) is 12.5. The summed E-state index contributed by atoms with van der Waals surface area (Å²) in [6, 6.07) is 22.3. The van der Waals surface area contributed by atoms with Crippen molar-refractivity contribution in [2.45, 2.75) is 4.90 Å². The maximum Gasteiger partial charge on any atom is 0.271 e. The van der Waals surface area contributed by atoms with Crippen LogP contribution in [0.3, 0.4) is 0 Å². The highest BCUT2D eigenvalue weighted by atomic mass is 32.2. The molecule has 3 aromatic carbocycles. The largest absolute Gasteiger partial charge is 0.368 e. The molecule has 1 fully saturated rings. The van der Waals surface area contributed by atoms with Crippen LogP contribution in [0.5, 0.6) is 0 Å². The molecule has 0 saturated carbocycles. The number of rotatable bonds is 6. The molecule has 0 spiro atoms. The Morgan fingerprint density at radius 3 is 2.06 bits per heavy atom. The van der Waals surface area contributed by atoms with Gasteiger partial charge in [0, 0.05) is 43.0 Å². The lowest BCUT2D eigenvalue weighted by atomic mass is 10.1. The number of hydrogen-bond acceptors (Lipinski definition) is 6. The monoisotopic (exact) mass is 491 g/mol. The van der Waals surface area contributed by atoms with E-state index in [0.717, 1.165) is 24.3 Å². The van der Waals surface area contributed by atoms with Crippen LogP contribution in [0.1, 0.15) is 26.3 Å². The fourth-order valence-corrected chi connectivity index (χ4v) is 4.24. The van der Waals surface area contributed by atoms with Gasteiger partial charge >= 0.3 is 0 Å². The van der Waals surface area contributed by atoms with Crippen LogP contribution in [-0.2, 0) is 10.0 Å². The van der Waals surface area contributed by atoms with Gasteiger partial charge in [-0.3, -0.25) is 9.59 Å². The molecule has 1 aliphatic heterocycles. The molecule has 1 aliphatic rings. The lowest BCUT2D eigenvalue weighted by Crippen LogP contribution is -2.48. The quantitative estimate of drug-likeness (QED) is 0.403. The molecular formula is C25H25N5O4S. The number of amides is 2. The van der Waals surface area contributed by atoms with Crippen LogP contribution in [0.2, 0.25) is 0 Å². The number of carbonyl (C=O) groups is 2. The Balaban J connectivity index is 1.28. The molecule has 3 aromatic rings. The van der Waals surface area contributed by atoms with E-state index in [1.54, 1.807) is 0 Å². The summed E-state index contributed by atoms with van der Waals surface area (Å²) in [6.07, 6.45) is 1.52. The van der Waals surface area contributed by atoms with E-state index in [-0.39, 0.29) is 16.4 Å². The van der Waals surface area contributed by atoms with Crippen LogP contribution in [-0.4, -0.2) is 57.5 Å². The highest BCUT2D eigenvalue weighted by molar-refractivity contribution is 7.89. The second kappa shape index (κ2) is 10.5. The van der Waals surface area contributed by atoms with Gasteiger partial charge in [-0.25, -0.2) is 19.0 Å². The predicted octanol–water partition coefficient (Wildman–Crippen LogP) is 2.06. The van der Waals surface area contributed by atoms with Crippen molar-refractivity contribution in [3.05, 3.63) is 95.6 Å². The average molecular weight is 492 g/mol. The molecule has 10 heteroatoms. The fraction of sp³-hybridized carbons (Fsp3) is 0.160. The number of hydrazone groups is 1.